The maximum Gasteiger partial charge on any atom is -0.0236 e. The lowest BCUT2D eigenvalue weighted by molar-refractivity contribution is 0.930. The van der Waals surface area contributed by atoms with Crippen LogP contribution in [0.1, 0.15) is 33.4 Å². The van der Waals surface area contributed by atoms with Gasteiger partial charge in [-0.05, 0) is 72.9 Å². The van der Waals surface area contributed by atoms with Gasteiger partial charge in [0.25, 0.3) is 0 Å². The molecule has 0 aliphatic carbocycles. The number of benzene rings is 3. The molecule has 3 aromatic rings. The highest BCUT2D eigenvalue weighted by Crippen LogP contribution is 2.15. The molecular formula is C24H26. The van der Waals surface area contributed by atoms with E-state index in [9.17, 15) is 0 Å². The molecule has 0 heterocycles. The summed E-state index contributed by atoms with van der Waals surface area (Å²) in [5.41, 5.74) is 8.57. The molecule has 0 N–H and O–H groups in total. The second-order valence-corrected chi connectivity index (χ2v) is 6.67. The fourth-order valence-corrected chi connectivity index (χ4v) is 3.21. The van der Waals surface area contributed by atoms with Crippen LogP contribution in [0.2, 0.25) is 0 Å². The molecule has 3 aromatic carbocycles. The Kier molecular flexibility index (Phi) is 5.48. The molecule has 3 rings (SSSR count). The molecule has 0 saturated heterocycles. The maximum absolute atomic E-state index is 2.30. The Labute approximate surface area is 146 Å². The van der Waals surface area contributed by atoms with Crippen molar-refractivity contribution in [2.75, 3.05) is 0 Å². The summed E-state index contributed by atoms with van der Waals surface area (Å²) < 4.78 is 0. The third-order valence-corrected chi connectivity index (χ3v) is 4.91. The Morgan fingerprint density at radius 2 is 0.833 bits per heavy atom. The van der Waals surface area contributed by atoms with Crippen LogP contribution in [0.25, 0.3) is 0 Å². The minimum Gasteiger partial charge on any atom is -0.0620 e. The normalized spacial score (nSPS) is 10.8. The molecule has 0 saturated carbocycles. The summed E-state index contributed by atoms with van der Waals surface area (Å²) in [6.45, 7) is 4.40. The van der Waals surface area contributed by atoms with Gasteiger partial charge in [-0.3, -0.25) is 0 Å². The first-order valence-corrected chi connectivity index (χ1v) is 8.89. The van der Waals surface area contributed by atoms with Gasteiger partial charge in [-0.15, -0.1) is 0 Å². The molecule has 0 amide bonds. The van der Waals surface area contributed by atoms with Gasteiger partial charge in [-0.1, -0.05) is 72.8 Å². The highest BCUT2D eigenvalue weighted by atomic mass is 14.1. The van der Waals surface area contributed by atoms with E-state index in [-0.39, 0.29) is 0 Å². The van der Waals surface area contributed by atoms with Crippen LogP contribution in [-0.4, -0.2) is 0 Å². The Morgan fingerprint density at radius 3 is 1.21 bits per heavy atom. The van der Waals surface area contributed by atoms with Crippen LogP contribution in [0, 0.1) is 13.8 Å². The topological polar surface area (TPSA) is 0 Å². The standard InChI is InChI=1S/C24H26/c1-19-7-3-5-9-23(19)17-15-21-11-13-22(14-12-21)16-18-24-10-6-4-8-20(24)2/h3-14H,15-18H2,1-2H3. The van der Waals surface area contributed by atoms with E-state index in [1.807, 2.05) is 0 Å². The summed E-state index contributed by atoms with van der Waals surface area (Å²) in [6, 6.07) is 26.6. The van der Waals surface area contributed by atoms with Gasteiger partial charge in [0.05, 0.1) is 0 Å². The summed E-state index contributed by atoms with van der Waals surface area (Å²) in [7, 11) is 0. The van der Waals surface area contributed by atoms with E-state index in [0.717, 1.165) is 25.7 Å². The number of aryl methyl sites for hydroxylation is 6. The maximum atomic E-state index is 2.30. The second-order valence-electron chi connectivity index (χ2n) is 6.67. The van der Waals surface area contributed by atoms with E-state index in [1.165, 1.54) is 33.4 Å². The molecule has 0 radical (unpaired) electrons. The van der Waals surface area contributed by atoms with E-state index in [0.29, 0.717) is 0 Å². The van der Waals surface area contributed by atoms with Gasteiger partial charge < -0.3 is 0 Å². The lowest BCUT2D eigenvalue weighted by atomic mass is 9.98. The van der Waals surface area contributed by atoms with Crippen molar-refractivity contribution < 1.29 is 0 Å². The van der Waals surface area contributed by atoms with Crippen LogP contribution in [0.4, 0.5) is 0 Å². The predicted octanol–water partition coefficient (Wildman–Crippen LogP) is 5.87. The van der Waals surface area contributed by atoms with Crippen molar-refractivity contribution >= 4 is 0 Å². The highest BCUT2D eigenvalue weighted by Gasteiger charge is 2.01. The van der Waals surface area contributed by atoms with Crippen molar-refractivity contribution in [3.8, 4) is 0 Å². The number of rotatable bonds is 6. The minimum atomic E-state index is 1.11. The van der Waals surface area contributed by atoms with Gasteiger partial charge in [0.15, 0.2) is 0 Å². The zero-order valence-electron chi connectivity index (χ0n) is 14.8. The molecule has 0 aliphatic rings. The molecule has 0 heteroatoms. The fraction of sp³-hybridized carbons (Fsp3) is 0.250. The Hall–Kier alpha value is -2.34. The molecule has 0 spiro atoms. The van der Waals surface area contributed by atoms with Gasteiger partial charge in [0.1, 0.15) is 0 Å². The molecule has 122 valence electrons. The van der Waals surface area contributed by atoms with Gasteiger partial charge in [0.2, 0.25) is 0 Å². The molecule has 0 atom stereocenters. The summed E-state index contributed by atoms with van der Waals surface area (Å²) in [5.74, 6) is 0. The summed E-state index contributed by atoms with van der Waals surface area (Å²) in [5, 5.41) is 0. The van der Waals surface area contributed by atoms with E-state index in [1.54, 1.807) is 0 Å². The zero-order chi connectivity index (χ0) is 16.8. The predicted molar refractivity (Wildman–Crippen MR) is 104 cm³/mol. The molecular weight excluding hydrogens is 288 g/mol. The van der Waals surface area contributed by atoms with Crippen LogP contribution < -0.4 is 0 Å². The van der Waals surface area contributed by atoms with E-state index >= 15 is 0 Å². The average molecular weight is 314 g/mol. The Bertz CT molecular complexity index is 713. The average Bonchev–Trinajstić information content (AvgIpc) is 2.61. The minimum absolute atomic E-state index is 1.11. The van der Waals surface area contributed by atoms with E-state index in [4.69, 9.17) is 0 Å². The molecule has 0 nitrogen and oxygen atoms in total. The molecule has 0 aromatic heterocycles. The first kappa shape index (κ1) is 16.5. The van der Waals surface area contributed by atoms with Crippen molar-refractivity contribution in [1.29, 1.82) is 0 Å². The zero-order valence-corrected chi connectivity index (χ0v) is 14.8. The SMILES string of the molecule is Cc1ccccc1CCc1ccc(CCc2ccccc2C)cc1. The third kappa shape index (κ3) is 4.35. The first-order chi connectivity index (χ1) is 11.7. The second kappa shape index (κ2) is 7.97. The van der Waals surface area contributed by atoms with Gasteiger partial charge in [-0.2, -0.15) is 0 Å². The van der Waals surface area contributed by atoms with Gasteiger partial charge in [0, 0.05) is 0 Å². The number of hydrogen-bond donors (Lipinski definition) is 0. The number of hydrogen-bond acceptors (Lipinski definition) is 0. The van der Waals surface area contributed by atoms with Gasteiger partial charge in [-0.25, -0.2) is 0 Å². The monoisotopic (exact) mass is 314 g/mol. The lowest BCUT2D eigenvalue weighted by Crippen LogP contribution is -1.96. The Balaban J connectivity index is 1.55. The molecule has 0 bridgehead atoms. The molecule has 24 heavy (non-hydrogen) atoms. The van der Waals surface area contributed by atoms with Crippen LogP contribution in [0.3, 0.4) is 0 Å². The van der Waals surface area contributed by atoms with Crippen molar-refractivity contribution in [3.05, 3.63) is 106 Å². The quantitative estimate of drug-likeness (QED) is 0.533. The van der Waals surface area contributed by atoms with Crippen molar-refractivity contribution in [2.45, 2.75) is 39.5 Å². The Morgan fingerprint density at radius 1 is 0.458 bits per heavy atom. The molecule has 0 aliphatic heterocycles. The first-order valence-electron chi connectivity index (χ1n) is 8.89. The fourth-order valence-electron chi connectivity index (χ4n) is 3.21. The van der Waals surface area contributed by atoms with Crippen LogP contribution in [0.5, 0.6) is 0 Å². The van der Waals surface area contributed by atoms with Crippen LogP contribution in [0.15, 0.2) is 72.8 Å². The van der Waals surface area contributed by atoms with Gasteiger partial charge >= 0.3 is 0 Å². The highest BCUT2D eigenvalue weighted by molar-refractivity contribution is 5.30. The smallest absolute Gasteiger partial charge is 0.0236 e. The lowest BCUT2D eigenvalue weighted by Gasteiger charge is -2.08. The summed E-state index contributed by atoms with van der Waals surface area (Å²) in [4.78, 5) is 0. The third-order valence-electron chi connectivity index (χ3n) is 4.91. The van der Waals surface area contributed by atoms with Crippen LogP contribution >= 0.6 is 0 Å². The molecule has 0 fully saturated rings. The van der Waals surface area contributed by atoms with Crippen molar-refractivity contribution in [2.24, 2.45) is 0 Å². The van der Waals surface area contributed by atoms with Crippen molar-refractivity contribution in [1.82, 2.24) is 0 Å². The van der Waals surface area contributed by atoms with Crippen molar-refractivity contribution in [3.63, 3.8) is 0 Å². The van der Waals surface area contributed by atoms with E-state index < -0.39 is 0 Å². The summed E-state index contributed by atoms with van der Waals surface area (Å²) >= 11 is 0. The van der Waals surface area contributed by atoms with Crippen LogP contribution in [-0.2, 0) is 25.7 Å². The summed E-state index contributed by atoms with van der Waals surface area (Å²) in [6.07, 6.45) is 4.47. The molecule has 0 unspecified atom stereocenters. The van der Waals surface area contributed by atoms with E-state index in [2.05, 4.69) is 86.6 Å². The largest absolute Gasteiger partial charge is 0.0620 e.